The smallest absolute Gasteiger partial charge is 0.405 e. The van der Waals surface area contributed by atoms with Gasteiger partial charge in [-0.25, -0.2) is 10.3 Å². The van der Waals surface area contributed by atoms with Crippen LogP contribution in [0.5, 0.6) is 0 Å². The number of benzene rings is 1. The molecule has 184 valence electrons. The molecule has 11 nitrogen and oxygen atoms in total. The normalized spacial score (nSPS) is 13.2. The largest absolute Gasteiger partial charge is 0.465 e. The topological polar surface area (TPSA) is 177 Å². The van der Waals surface area contributed by atoms with Crippen LogP contribution in [0.1, 0.15) is 57.8 Å². The van der Waals surface area contributed by atoms with Crippen LogP contribution in [0, 0.1) is 11.8 Å². The number of carbonyl (C=O) groups excluding carboxylic acids is 3. The highest BCUT2D eigenvalue weighted by Crippen LogP contribution is 2.31. The quantitative estimate of drug-likeness (QED) is 0.192. The Morgan fingerprint density at radius 3 is 1.94 bits per heavy atom. The molecular formula is C22H34N4O7. The number of nitrogens with one attached hydrogen (secondary N) is 4. The summed E-state index contributed by atoms with van der Waals surface area (Å²) in [4.78, 5) is 47.7. The third-order valence-corrected chi connectivity index (χ3v) is 5.76. The molecule has 1 aromatic carbocycles. The van der Waals surface area contributed by atoms with E-state index in [4.69, 9.17) is 5.21 Å². The average molecular weight is 467 g/mol. The van der Waals surface area contributed by atoms with Crippen LogP contribution in [0.15, 0.2) is 24.3 Å². The van der Waals surface area contributed by atoms with Crippen molar-refractivity contribution < 1.29 is 34.6 Å². The predicted octanol–water partition coefficient (Wildman–Crippen LogP) is 1.71. The zero-order valence-corrected chi connectivity index (χ0v) is 19.5. The van der Waals surface area contributed by atoms with Crippen molar-refractivity contribution >= 4 is 29.5 Å². The molecule has 0 saturated carbocycles. The second kappa shape index (κ2) is 12.2. The van der Waals surface area contributed by atoms with Crippen LogP contribution in [-0.2, 0) is 9.59 Å². The fraction of sp³-hybridized carbons (Fsp3) is 0.545. The molecule has 0 bridgehead atoms. The lowest BCUT2D eigenvalue weighted by Crippen LogP contribution is -2.56. The maximum atomic E-state index is 12.5. The van der Waals surface area contributed by atoms with Crippen LogP contribution in [-0.4, -0.2) is 56.9 Å². The van der Waals surface area contributed by atoms with E-state index in [1.54, 1.807) is 0 Å². The summed E-state index contributed by atoms with van der Waals surface area (Å²) in [6.07, 6.45) is -1.97. The molecule has 0 saturated heterocycles. The minimum absolute atomic E-state index is 0.0300. The lowest BCUT2D eigenvalue weighted by molar-refractivity contribution is -0.133. The van der Waals surface area contributed by atoms with Crippen LogP contribution < -0.4 is 21.4 Å². The van der Waals surface area contributed by atoms with Crippen molar-refractivity contribution in [3.05, 3.63) is 29.8 Å². The van der Waals surface area contributed by atoms with Crippen molar-refractivity contribution in [2.45, 2.75) is 65.1 Å². The van der Waals surface area contributed by atoms with Gasteiger partial charge in [-0.05, 0) is 49.4 Å². The Labute approximate surface area is 192 Å². The number of hydrogen-bond donors (Lipinski definition) is 7. The summed E-state index contributed by atoms with van der Waals surface area (Å²) < 4.78 is 0. The van der Waals surface area contributed by atoms with Crippen molar-refractivity contribution in [2.24, 2.45) is 11.8 Å². The minimum atomic E-state index is -1.34. The molecule has 7 N–H and O–H groups in total. The van der Waals surface area contributed by atoms with E-state index in [1.807, 2.05) is 27.7 Å². The van der Waals surface area contributed by atoms with Gasteiger partial charge in [0, 0.05) is 23.2 Å². The number of aliphatic hydroxyl groups is 1. The first kappa shape index (κ1) is 27.9. The summed E-state index contributed by atoms with van der Waals surface area (Å²) in [5.41, 5.74) is 1.23. The van der Waals surface area contributed by atoms with Gasteiger partial charge in [0.1, 0.15) is 6.04 Å². The first-order valence-corrected chi connectivity index (χ1v) is 10.7. The number of hydroxylamine groups is 1. The second-order valence-corrected chi connectivity index (χ2v) is 8.57. The van der Waals surface area contributed by atoms with E-state index in [1.165, 1.54) is 36.7 Å². The van der Waals surface area contributed by atoms with Crippen LogP contribution in [0.4, 0.5) is 10.5 Å². The maximum Gasteiger partial charge on any atom is 0.405 e. The molecule has 0 aliphatic rings. The first-order valence-electron chi connectivity index (χ1n) is 10.7. The van der Waals surface area contributed by atoms with Gasteiger partial charge in [0.25, 0.3) is 11.8 Å². The molecular weight excluding hydrogens is 432 g/mol. The standard InChI is InChI=1S/C22H34N4O7/c1-12(2)22(13(3)4,25-21(31)32)11-10-17(28)23-16-8-6-15(7-9-16)19(29)24-18(14(5)27)20(30)26-33/h6-9,12-14,18,25,27,33H,10-11H2,1-5H3,(H,23,28)(H,24,29)(H,26,30)(H,31,32)/t14-,18+/m1/s1. The number of carboxylic acid groups (broad SMARTS) is 1. The Hall–Kier alpha value is -3.18. The van der Waals surface area contributed by atoms with E-state index in [-0.39, 0.29) is 29.7 Å². The van der Waals surface area contributed by atoms with Crippen LogP contribution in [0.25, 0.3) is 0 Å². The maximum absolute atomic E-state index is 12.5. The number of hydrogen-bond acceptors (Lipinski definition) is 6. The molecule has 0 heterocycles. The summed E-state index contributed by atoms with van der Waals surface area (Å²) in [6, 6.07) is 4.52. The fourth-order valence-electron chi connectivity index (χ4n) is 3.74. The minimum Gasteiger partial charge on any atom is -0.465 e. The van der Waals surface area contributed by atoms with Crippen molar-refractivity contribution in [3.8, 4) is 0 Å². The fourth-order valence-corrected chi connectivity index (χ4v) is 3.74. The number of amides is 4. The molecule has 0 aromatic heterocycles. The molecule has 11 heteroatoms. The zero-order chi connectivity index (χ0) is 25.3. The number of rotatable bonds is 11. The highest BCUT2D eigenvalue weighted by Gasteiger charge is 2.38. The third-order valence-electron chi connectivity index (χ3n) is 5.76. The predicted molar refractivity (Wildman–Crippen MR) is 121 cm³/mol. The monoisotopic (exact) mass is 466 g/mol. The van der Waals surface area contributed by atoms with Gasteiger partial charge in [-0.1, -0.05) is 27.7 Å². The molecule has 0 aliphatic carbocycles. The Bertz CT molecular complexity index is 830. The highest BCUT2D eigenvalue weighted by molar-refractivity contribution is 5.98. The molecule has 33 heavy (non-hydrogen) atoms. The van der Waals surface area contributed by atoms with E-state index in [0.717, 1.165) is 0 Å². The van der Waals surface area contributed by atoms with E-state index in [0.29, 0.717) is 12.1 Å². The van der Waals surface area contributed by atoms with Gasteiger partial charge in [0.15, 0.2) is 0 Å². The summed E-state index contributed by atoms with van der Waals surface area (Å²) in [5.74, 6) is -1.98. The van der Waals surface area contributed by atoms with Crippen LogP contribution in [0.3, 0.4) is 0 Å². The second-order valence-electron chi connectivity index (χ2n) is 8.57. The van der Waals surface area contributed by atoms with E-state index in [2.05, 4.69) is 16.0 Å². The average Bonchev–Trinajstić information content (AvgIpc) is 2.73. The van der Waals surface area contributed by atoms with Crippen molar-refractivity contribution in [1.82, 2.24) is 16.1 Å². The molecule has 2 atom stereocenters. The van der Waals surface area contributed by atoms with Crippen molar-refractivity contribution in [3.63, 3.8) is 0 Å². The van der Waals surface area contributed by atoms with Crippen molar-refractivity contribution in [2.75, 3.05) is 5.32 Å². The lowest BCUT2D eigenvalue weighted by atomic mass is 9.73. The van der Waals surface area contributed by atoms with Gasteiger partial charge in [0.2, 0.25) is 5.91 Å². The molecule has 0 fully saturated rings. The molecule has 1 aromatic rings. The molecule has 0 unspecified atom stereocenters. The summed E-state index contributed by atoms with van der Waals surface area (Å²) in [7, 11) is 0. The zero-order valence-electron chi connectivity index (χ0n) is 19.5. The first-order chi connectivity index (χ1) is 15.3. The van der Waals surface area contributed by atoms with E-state index < -0.39 is 35.6 Å². The number of anilines is 1. The number of aliphatic hydroxyl groups excluding tert-OH is 1. The molecule has 0 aliphatic heterocycles. The molecule has 0 spiro atoms. The Balaban J connectivity index is 2.80. The van der Waals surface area contributed by atoms with Crippen LogP contribution >= 0.6 is 0 Å². The highest BCUT2D eigenvalue weighted by atomic mass is 16.5. The van der Waals surface area contributed by atoms with Gasteiger partial charge in [0.05, 0.1) is 6.10 Å². The molecule has 1 rings (SSSR count). The molecule has 4 amide bonds. The summed E-state index contributed by atoms with van der Waals surface area (Å²) >= 11 is 0. The SMILES string of the molecule is CC(C)C(CCC(=O)Nc1ccc(C(=O)N[C@H](C(=O)NO)[C@@H](C)O)cc1)(NC(=O)O)C(C)C. The lowest BCUT2D eigenvalue weighted by Gasteiger charge is -2.41. The van der Waals surface area contributed by atoms with Crippen LogP contribution in [0.2, 0.25) is 0 Å². The van der Waals surface area contributed by atoms with Gasteiger partial charge in [-0.2, -0.15) is 0 Å². The summed E-state index contributed by atoms with van der Waals surface area (Å²) in [5, 5.41) is 35.2. The van der Waals surface area contributed by atoms with Gasteiger partial charge >= 0.3 is 6.09 Å². The third kappa shape index (κ3) is 7.72. The molecule has 0 radical (unpaired) electrons. The van der Waals surface area contributed by atoms with Gasteiger partial charge in [-0.3, -0.25) is 19.6 Å². The van der Waals surface area contributed by atoms with Gasteiger partial charge in [-0.15, -0.1) is 0 Å². The van der Waals surface area contributed by atoms with Crippen molar-refractivity contribution in [1.29, 1.82) is 0 Å². The number of carbonyl (C=O) groups is 4. The summed E-state index contributed by atoms with van der Waals surface area (Å²) in [6.45, 7) is 8.92. The Morgan fingerprint density at radius 2 is 1.52 bits per heavy atom. The van der Waals surface area contributed by atoms with E-state index >= 15 is 0 Å². The van der Waals surface area contributed by atoms with E-state index in [9.17, 15) is 29.4 Å². The van der Waals surface area contributed by atoms with Gasteiger partial charge < -0.3 is 26.2 Å². The Kier molecular flexibility index (Phi) is 10.3. The Morgan fingerprint density at radius 1 is 0.970 bits per heavy atom.